The summed E-state index contributed by atoms with van der Waals surface area (Å²) >= 11 is 0. The molecule has 1 N–H and O–H groups in total. The molecule has 0 amide bonds. The molecule has 0 saturated heterocycles. The molecule has 0 bridgehead atoms. The third-order valence-electron chi connectivity index (χ3n) is 3.84. The smallest absolute Gasteiger partial charge is 0.219 e. The van der Waals surface area contributed by atoms with Crippen molar-refractivity contribution in [2.24, 2.45) is 5.92 Å². The van der Waals surface area contributed by atoms with Gasteiger partial charge in [-0.2, -0.15) is 0 Å². The van der Waals surface area contributed by atoms with Crippen LogP contribution in [0, 0.1) is 5.92 Å². The van der Waals surface area contributed by atoms with Crippen LogP contribution < -0.4 is 4.74 Å². The highest BCUT2D eigenvalue weighted by Gasteiger charge is 2.17. The molecular formula is C19H20N2O2. The van der Waals surface area contributed by atoms with E-state index in [4.69, 9.17) is 4.74 Å². The maximum atomic E-state index is 12.4. The molecule has 1 aromatic carbocycles. The van der Waals surface area contributed by atoms with Gasteiger partial charge in [0.05, 0.1) is 16.6 Å². The fourth-order valence-electron chi connectivity index (χ4n) is 2.47. The van der Waals surface area contributed by atoms with Crippen LogP contribution in [-0.2, 0) is 6.42 Å². The molecular weight excluding hydrogens is 288 g/mol. The summed E-state index contributed by atoms with van der Waals surface area (Å²) < 4.78 is 5.95. The summed E-state index contributed by atoms with van der Waals surface area (Å²) in [5.74, 6) is 1.06. The predicted octanol–water partition coefficient (Wildman–Crippen LogP) is 4.76. The van der Waals surface area contributed by atoms with Gasteiger partial charge in [0.25, 0.3) is 0 Å². The van der Waals surface area contributed by atoms with Gasteiger partial charge in [-0.3, -0.25) is 4.79 Å². The number of fused-ring (bicyclic) bond motifs is 1. The first-order valence-electron chi connectivity index (χ1n) is 7.87. The van der Waals surface area contributed by atoms with Crippen LogP contribution in [0.5, 0.6) is 11.6 Å². The molecule has 2 heterocycles. The first kappa shape index (κ1) is 15.3. The number of carbonyl (C=O) groups excluding carboxylic acids is 1. The van der Waals surface area contributed by atoms with E-state index in [0.717, 1.165) is 23.0 Å². The average Bonchev–Trinajstić information content (AvgIpc) is 3.01. The molecule has 4 heteroatoms. The van der Waals surface area contributed by atoms with E-state index >= 15 is 0 Å². The van der Waals surface area contributed by atoms with E-state index in [1.54, 1.807) is 6.07 Å². The molecule has 118 valence electrons. The number of hydrogen-bond acceptors (Lipinski definition) is 3. The van der Waals surface area contributed by atoms with Crippen molar-refractivity contribution in [2.75, 3.05) is 0 Å². The molecule has 23 heavy (non-hydrogen) atoms. The van der Waals surface area contributed by atoms with Crippen LogP contribution in [0.2, 0.25) is 0 Å². The number of aromatic amines is 1. The standard InChI is InChI=1S/C19H20N2O2/c1-4-13-5-6-14(19(22)12(2)3)17(11-13)23-18-8-7-15-16(21-18)9-10-20-15/h5-12,20H,4H2,1-3H3. The number of benzene rings is 1. The molecule has 2 aromatic heterocycles. The van der Waals surface area contributed by atoms with Gasteiger partial charge in [0.2, 0.25) is 5.88 Å². The largest absolute Gasteiger partial charge is 0.438 e. The lowest BCUT2D eigenvalue weighted by molar-refractivity contribution is 0.0937. The highest BCUT2D eigenvalue weighted by atomic mass is 16.5. The van der Waals surface area contributed by atoms with Crippen molar-refractivity contribution in [3.8, 4) is 11.6 Å². The van der Waals surface area contributed by atoms with Crippen molar-refractivity contribution in [1.82, 2.24) is 9.97 Å². The van der Waals surface area contributed by atoms with E-state index in [1.807, 2.05) is 50.4 Å². The van der Waals surface area contributed by atoms with Gasteiger partial charge >= 0.3 is 0 Å². The average molecular weight is 308 g/mol. The molecule has 0 aliphatic carbocycles. The number of aromatic nitrogens is 2. The number of aryl methyl sites for hydroxylation is 1. The maximum Gasteiger partial charge on any atom is 0.219 e. The number of nitrogens with zero attached hydrogens (tertiary/aromatic N) is 1. The van der Waals surface area contributed by atoms with Crippen molar-refractivity contribution < 1.29 is 9.53 Å². The Labute approximate surface area is 135 Å². The van der Waals surface area contributed by atoms with E-state index in [1.165, 1.54) is 0 Å². The number of carbonyl (C=O) groups is 1. The van der Waals surface area contributed by atoms with Crippen molar-refractivity contribution in [1.29, 1.82) is 0 Å². The summed E-state index contributed by atoms with van der Waals surface area (Å²) in [4.78, 5) is 20.0. The molecule has 0 unspecified atom stereocenters. The van der Waals surface area contributed by atoms with Crippen LogP contribution in [-0.4, -0.2) is 15.8 Å². The first-order chi connectivity index (χ1) is 11.1. The monoisotopic (exact) mass is 308 g/mol. The summed E-state index contributed by atoms with van der Waals surface area (Å²) in [7, 11) is 0. The highest BCUT2D eigenvalue weighted by Crippen LogP contribution is 2.28. The Hall–Kier alpha value is -2.62. The first-order valence-corrected chi connectivity index (χ1v) is 7.87. The van der Waals surface area contributed by atoms with Gasteiger partial charge in [-0.1, -0.05) is 26.8 Å². The lowest BCUT2D eigenvalue weighted by Crippen LogP contribution is -2.09. The zero-order valence-corrected chi connectivity index (χ0v) is 13.6. The second kappa shape index (κ2) is 6.24. The lowest BCUT2D eigenvalue weighted by Gasteiger charge is -2.13. The number of pyridine rings is 1. The summed E-state index contributed by atoms with van der Waals surface area (Å²) in [5.41, 5.74) is 3.53. The van der Waals surface area contributed by atoms with E-state index < -0.39 is 0 Å². The molecule has 4 nitrogen and oxygen atoms in total. The summed E-state index contributed by atoms with van der Waals surface area (Å²) in [6.07, 6.45) is 2.73. The molecule has 0 aliphatic rings. The van der Waals surface area contributed by atoms with Crippen molar-refractivity contribution in [3.63, 3.8) is 0 Å². The zero-order valence-electron chi connectivity index (χ0n) is 13.6. The van der Waals surface area contributed by atoms with E-state index in [2.05, 4.69) is 16.9 Å². The molecule has 0 radical (unpaired) electrons. The predicted molar refractivity (Wildman–Crippen MR) is 91.2 cm³/mol. The Balaban J connectivity index is 2.00. The van der Waals surface area contributed by atoms with Gasteiger partial charge in [-0.05, 0) is 36.2 Å². The number of ether oxygens (including phenoxy) is 1. The quantitative estimate of drug-likeness (QED) is 0.692. The number of nitrogens with one attached hydrogen (secondary N) is 1. The summed E-state index contributed by atoms with van der Waals surface area (Å²) in [6, 6.07) is 11.4. The second-order valence-electron chi connectivity index (χ2n) is 5.87. The van der Waals surface area contributed by atoms with E-state index in [9.17, 15) is 4.79 Å². The molecule has 0 aliphatic heterocycles. The highest BCUT2D eigenvalue weighted by molar-refractivity contribution is 6.00. The van der Waals surface area contributed by atoms with Crippen LogP contribution in [0.3, 0.4) is 0 Å². The number of H-pyrrole nitrogens is 1. The topological polar surface area (TPSA) is 55.0 Å². The minimum absolute atomic E-state index is 0.0744. The fourth-order valence-corrected chi connectivity index (χ4v) is 2.47. The van der Waals surface area contributed by atoms with Crippen LogP contribution in [0.25, 0.3) is 11.0 Å². The lowest BCUT2D eigenvalue weighted by atomic mass is 9.98. The molecule has 0 atom stereocenters. The van der Waals surface area contributed by atoms with Gasteiger partial charge in [0.1, 0.15) is 5.75 Å². The number of rotatable bonds is 5. The van der Waals surface area contributed by atoms with Crippen LogP contribution in [0.4, 0.5) is 0 Å². The zero-order chi connectivity index (χ0) is 16.4. The Morgan fingerprint density at radius 2 is 2.04 bits per heavy atom. The van der Waals surface area contributed by atoms with Crippen molar-refractivity contribution >= 4 is 16.8 Å². The SMILES string of the molecule is CCc1ccc(C(=O)C(C)C)c(Oc2ccc3[nH]ccc3n2)c1. The Kier molecular flexibility index (Phi) is 4.15. The maximum absolute atomic E-state index is 12.4. The Morgan fingerprint density at radius 3 is 2.78 bits per heavy atom. The van der Waals surface area contributed by atoms with Crippen LogP contribution in [0.1, 0.15) is 36.7 Å². The molecule has 0 spiro atoms. The van der Waals surface area contributed by atoms with Crippen LogP contribution in [0.15, 0.2) is 42.6 Å². The number of hydrogen-bond donors (Lipinski definition) is 1. The van der Waals surface area contributed by atoms with Gasteiger partial charge in [-0.15, -0.1) is 0 Å². The Morgan fingerprint density at radius 1 is 1.22 bits per heavy atom. The molecule has 0 fully saturated rings. The van der Waals surface area contributed by atoms with Gasteiger partial charge in [-0.25, -0.2) is 4.98 Å². The van der Waals surface area contributed by atoms with Crippen molar-refractivity contribution in [3.05, 3.63) is 53.7 Å². The minimum atomic E-state index is -0.0788. The molecule has 0 saturated carbocycles. The van der Waals surface area contributed by atoms with Gasteiger partial charge < -0.3 is 9.72 Å². The van der Waals surface area contributed by atoms with Crippen molar-refractivity contribution in [2.45, 2.75) is 27.2 Å². The Bertz CT molecular complexity index is 849. The van der Waals surface area contributed by atoms with Crippen LogP contribution >= 0.6 is 0 Å². The normalized spacial score (nSPS) is 11.1. The summed E-state index contributed by atoms with van der Waals surface area (Å²) in [6.45, 7) is 5.86. The van der Waals surface area contributed by atoms with E-state index in [0.29, 0.717) is 17.2 Å². The third kappa shape index (κ3) is 3.11. The molecule has 3 aromatic rings. The number of Topliss-reactive ketones (excluding diaryl/α,β-unsaturated/α-hetero) is 1. The van der Waals surface area contributed by atoms with Gasteiger partial charge in [0, 0.05) is 18.2 Å². The second-order valence-corrected chi connectivity index (χ2v) is 5.87. The molecule has 3 rings (SSSR count). The van der Waals surface area contributed by atoms with Gasteiger partial charge in [0.15, 0.2) is 5.78 Å². The minimum Gasteiger partial charge on any atom is -0.438 e. The fraction of sp³-hybridized carbons (Fsp3) is 0.263. The summed E-state index contributed by atoms with van der Waals surface area (Å²) in [5, 5.41) is 0. The third-order valence-corrected chi connectivity index (χ3v) is 3.84. The van der Waals surface area contributed by atoms with E-state index in [-0.39, 0.29) is 11.7 Å². The number of ketones is 1.